The SMILES string of the molecule is CC(=O)NCC(O)C(O)c1c(F)cccc1C(=O)O. The molecular weight excluding hydrogens is 257 g/mol. The molecule has 104 valence electrons. The van der Waals surface area contributed by atoms with Crippen molar-refractivity contribution >= 4 is 11.9 Å². The molecule has 6 nitrogen and oxygen atoms in total. The number of aliphatic hydroxyl groups is 2. The Labute approximate surface area is 108 Å². The Morgan fingerprint density at radius 1 is 1.37 bits per heavy atom. The smallest absolute Gasteiger partial charge is 0.336 e. The lowest BCUT2D eigenvalue weighted by Gasteiger charge is -2.20. The number of benzene rings is 1. The van der Waals surface area contributed by atoms with Gasteiger partial charge in [0.2, 0.25) is 5.91 Å². The van der Waals surface area contributed by atoms with Crippen LogP contribution in [0.3, 0.4) is 0 Å². The summed E-state index contributed by atoms with van der Waals surface area (Å²) in [6.45, 7) is 0.898. The van der Waals surface area contributed by atoms with Crippen molar-refractivity contribution in [3.8, 4) is 0 Å². The van der Waals surface area contributed by atoms with E-state index >= 15 is 0 Å². The van der Waals surface area contributed by atoms with Crippen molar-refractivity contribution in [3.63, 3.8) is 0 Å². The van der Waals surface area contributed by atoms with Crippen LogP contribution in [0.4, 0.5) is 4.39 Å². The van der Waals surface area contributed by atoms with Crippen LogP contribution in [0, 0.1) is 5.82 Å². The molecule has 1 amide bonds. The fraction of sp³-hybridized carbons (Fsp3) is 0.333. The first-order valence-electron chi connectivity index (χ1n) is 5.47. The summed E-state index contributed by atoms with van der Waals surface area (Å²) in [5, 5.41) is 30.6. The number of aromatic carboxylic acids is 1. The normalized spacial score (nSPS) is 13.7. The Hall–Kier alpha value is -1.99. The second-order valence-corrected chi connectivity index (χ2v) is 3.96. The fourth-order valence-electron chi connectivity index (χ4n) is 1.58. The summed E-state index contributed by atoms with van der Waals surface area (Å²) < 4.78 is 13.6. The minimum Gasteiger partial charge on any atom is -0.478 e. The third kappa shape index (κ3) is 3.73. The fourth-order valence-corrected chi connectivity index (χ4v) is 1.58. The van der Waals surface area contributed by atoms with Gasteiger partial charge in [-0.1, -0.05) is 6.07 Å². The first kappa shape index (κ1) is 15.1. The number of rotatable bonds is 5. The molecule has 0 spiro atoms. The van der Waals surface area contributed by atoms with E-state index in [0.717, 1.165) is 12.1 Å². The van der Waals surface area contributed by atoms with Gasteiger partial charge in [-0.05, 0) is 12.1 Å². The van der Waals surface area contributed by atoms with Crippen molar-refractivity contribution in [1.29, 1.82) is 0 Å². The molecule has 0 aromatic heterocycles. The summed E-state index contributed by atoms with van der Waals surface area (Å²) in [5.41, 5.74) is -0.942. The Morgan fingerprint density at radius 3 is 2.53 bits per heavy atom. The molecule has 0 saturated heterocycles. The minimum atomic E-state index is -1.75. The summed E-state index contributed by atoms with van der Waals surface area (Å²) in [5.74, 6) is -2.78. The standard InChI is InChI=1S/C12H14FNO5/c1-6(15)14-5-9(16)11(17)10-7(12(18)19)3-2-4-8(10)13/h2-4,9,11,16-17H,5H2,1H3,(H,14,15)(H,18,19). The lowest BCUT2D eigenvalue weighted by atomic mass is 9.98. The van der Waals surface area contributed by atoms with Crippen LogP contribution in [-0.2, 0) is 4.79 Å². The molecule has 0 heterocycles. The van der Waals surface area contributed by atoms with E-state index < -0.39 is 41.0 Å². The monoisotopic (exact) mass is 271 g/mol. The summed E-state index contributed by atoms with van der Waals surface area (Å²) in [6, 6.07) is 3.29. The van der Waals surface area contributed by atoms with Gasteiger partial charge in [0, 0.05) is 19.0 Å². The number of carboxylic acids is 1. The van der Waals surface area contributed by atoms with Crippen LogP contribution in [0.1, 0.15) is 28.9 Å². The van der Waals surface area contributed by atoms with Crippen LogP contribution in [0.5, 0.6) is 0 Å². The largest absolute Gasteiger partial charge is 0.478 e. The maximum Gasteiger partial charge on any atom is 0.336 e. The average molecular weight is 271 g/mol. The predicted octanol–water partition coefficient (Wildman–Crippen LogP) is 0.0543. The second-order valence-electron chi connectivity index (χ2n) is 3.96. The number of hydrogen-bond donors (Lipinski definition) is 4. The third-order valence-corrected chi connectivity index (χ3v) is 2.50. The third-order valence-electron chi connectivity index (χ3n) is 2.50. The number of carbonyl (C=O) groups excluding carboxylic acids is 1. The van der Waals surface area contributed by atoms with E-state index in [1.807, 2.05) is 0 Å². The average Bonchev–Trinajstić information content (AvgIpc) is 2.34. The highest BCUT2D eigenvalue weighted by Crippen LogP contribution is 2.24. The molecule has 0 radical (unpaired) electrons. The minimum absolute atomic E-state index is 0.316. The van der Waals surface area contributed by atoms with Gasteiger partial charge in [0.05, 0.1) is 5.56 Å². The molecular formula is C12H14FNO5. The number of amides is 1. The Kier molecular flexibility index (Phi) is 4.96. The maximum atomic E-state index is 13.6. The van der Waals surface area contributed by atoms with Gasteiger partial charge in [0.1, 0.15) is 18.0 Å². The zero-order chi connectivity index (χ0) is 14.6. The summed E-state index contributed by atoms with van der Waals surface area (Å²) in [7, 11) is 0. The molecule has 0 aliphatic carbocycles. The highest BCUT2D eigenvalue weighted by molar-refractivity contribution is 5.89. The van der Waals surface area contributed by atoms with E-state index in [-0.39, 0.29) is 6.54 Å². The second kappa shape index (κ2) is 6.26. The quantitative estimate of drug-likeness (QED) is 0.605. The number of carbonyl (C=O) groups is 2. The lowest BCUT2D eigenvalue weighted by molar-refractivity contribution is -0.119. The number of nitrogens with one attached hydrogen (secondary N) is 1. The van der Waals surface area contributed by atoms with Crippen LogP contribution in [0.25, 0.3) is 0 Å². The van der Waals surface area contributed by atoms with Gasteiger partial charge in [-0.15, -0.1) is 0 Å². The van der Waals surface area contributed by atoms with Crippen LogP contribution in [0.2, 0.25) is 0 Å². The lowest BCUT2D eigenvalue weighted by Crippen LogP contribution is -2.35. The molecule has 1 aromatic rings. The van der Waals surface area contributed by atoms with Crippen molar-refractivity contribution in [2.45, 2.75) is 19.1 Å². The summed E-state index contributed by atoms with van der Waals surface area (Å²) in [4.78, 5) is 21.6. The molecule has 0 fully saturated rings. The first-order valence-corrected chi connectivity index (χ1v) is 5.47. The van der Waals surface area contributed by atoms with Crippen molar-refractivity contribution in [3.05, 3.63) is 35.1 Å². The molecule has 4 N–H and O–H groups in total. The number of carboxylic acid groups (broad SMARTS) is 1. The van der Waals surface area contributed by atoms with Gasteiger partial charge < -0.3 is 20.6 Å². The first-order chi connectivity index (χ1) is 8.84. The molecule has 0 saturated carbocycles. The molecule has 19 heavy (non-hydrogen) atoms. The number of hydrogen-bond acceptors (Lipinski definition) is 4. The van der Waals surface area contributed by atoms with E-state index in [9.17, 15) is 24.2 Å². The van der Waals surface area contributed by atoms with Gasteiger partial charge >= 0.3 is 5.97 Å². The Morgan fingerprint density at radius 2 is 2.00 bits per heavy atom. The van der Waals surface area contributed by atoms with Crippen LogP contribution >= 0.6 is 0 Å². The highest BCUT2D eigenvalue weighted by Gasteiger charge is 2.26. The van der Waals surface area contributed by atoms with Crippen molar-refractivity contribution in [1.82, 2.24) is 5.32 Å². The Bertz CT molecular complexity index is 491. The molecule has 1 aromatic carbocycles. The van der Waals surface area contributed by atoms with Crippen molar-refractivity contribution in [2.75, 3.05) is 6.54 Å². The number of aliphatic hydroxyl groups excluding tert-OH is 2. The molecule has 2 atom stereocenters. The zero-order valence-corrected chi connectivity index (χ0v) is 10.1. The van der Waals surface area contributed by atoms with E-state index in [2.05, 4.69) is 5.32 Å². The van der Waals surface area contributed by atoms with Gasteiger partial charge in [-0.2, -0.15) is 0 Å². The van der Waals surface area contributed by atoms with E-state index in [4.69, 9.17) is 5.11 Å². The van der Waals surface area contributed by atoms with Crippen LogP contribution in [0.15, 0.2) is 18.2 Å². The van der Waals surface area contributed by atoms with Crippen molar-refractivity contribution in [2.24, 2.45) is 0 Å². The van der Waals surface area contributed by atoms with Crippen LogP contribution in [-0.4, -0.2) is 39.8 Å². The molecule has 0 aliphatic rings. The summed E-state index contributed by atoms with van der Waals surface area (Å²) >= 11 is 0. The van der Waals surface area contributed by atoms with Gasteiger partial charge in [-0.3, -0.25) is 4.79 Å². The Balaban J connectivity index is 3.01. The van der Waals surface area contributed by atoms with E-state index in [1.54, 1.807) is 0 Å². The molecule has 7 heteroatoms. The molecule has 0 aliphatic heterocycles. The topological polar surface area (TPSA) is 107 Å². The van der Waals surface area contributed by atoms with E-state index in [1.165, 1.54) is 13.0 Å². The zero-order valence-electron chi connectivity index (χ0n) is 10.1. The molecule has 1 rings (SSSR count). The van der Waals surface area contributed by atoms with Gasteiger partial charge in [-0.25, -0.2) is 9.18 Å². The highest BCUT2D eigenvalue weighted by atomic mass is 19.1. The van der Waals surface area contributed by atoms with Crippen molar-refractivity contribution < 1.29 is 29.3 Å². The maximum absolute atomic E-state index is 13.6. The van der Waals surface area contributed by atoms with Gasteiger partial charge in [0.15, 0.2) is 0 Å². The van der Waals surface area contributed by atoms with Crippen LogP contribution < -0.4 is 5.32 Å². The summed E-state index contributed by atoms with van der Waals surface area (Å²) in [6.07, 6.45) is -3.27. The van der Waals surface area contributed by atoms with E-state index in [0.29, 0.717) is 0 Å². The molecule has 0 bridgehead atoms. The number of halogens is 1. The predicted molar refractivity (Wildman–Crippen MR) is 63.0 cm³/mol. The van der Waals surface area contributed by atoms with Gasteiger partial charge in [0.25, 0.3) is 0 Å². The molecule has 2 unspecified atom stereocenters.